The van der Waals surface area contributed by atoms with Gasteiger partial charge in [0, 0.05) is 25.7 Å². The van der Waals surface area contributed by atoms with Crippen molar-refractivity contribution in [1.29, 1.82) is 0 Å². The fourth-order valence-electron chi connectivity index (χ4n) is 4.12. The van der Waals surface area contributed by atoms with E-state index in [-0.39, 0.29) is 12.1 Å². The summed E-state index contributed by atoms with van der Waals surface area (Å²) in [6, 6.07) is 0. The van der Waals surface area contributed by atoms with Crippen molar-refractivity contribution in [2.75, 3.05) is 39.9 Å². The third kappa shape index (κ3) is 3.73. The molecule has 0 aromatic rings. The number of rotatable bonds is 7. The Kier molecular flexibility index (Phi) is 6.27. The summed E-state index contributed by atoms with van der Waals surface area (Å²) in [4.78, 5) is 2.57. The van der Waals surface area contributed by atoms with E-state index in [1.807, 2.05) is 7.11 Å². The normalized spacial score (nSPS) is 32.9. The van der Waals surface area contributed by atoms with Gasteiger partial charge in [0.05, 0.1) is 12.7 Å². The van der Waals surface area contributed by atoms with Crippen LogP contribution in [0.25, 0.3) is 0 Å². The van der Waals surface area contributed by atoms with E-state index in [0.717, 1.165) is 13.0 Å². The molecule has 0 amide bonds. The van der Waals surface area contributed by atoms with E-state index < -0.39 is 0 Å². The fraction of sp³-hybridized carbons (Fsp3) is 1.00. The lowest BCUT2D eigenvalue weighted by Crippen LogP contribution is -2.52. The topological polar surface area (TPSA) is 44.7 Å². The first-order valence-electron chi connectivity index (χ1n) is 8.35. The van der Waals surface area contributed by atoms with Gasteiger partial charge in [-0.05, 0) is 51.1 Å². The van der Waals surface area contributed by atoms with Gasteiger partial charge in [-0.2, -0.15) is 0 Å². The molecule has 2 aliphatic rings. The van der Waals surface area contributed by atoms with Crippen LogP contribution in [0.5, 0.6) is 0 Å². The molecule has 2 unspecified atom stereocenters. The Hall–Kier alpha value is -0.160. The molecule has 2 N–H and O–H groups in total. The third-order valence-corrected chi connectivity index (χ3v) is 5.43. The quantitative estimate of drug-likeness (QED) is 0.746. The second-order valence-corrected chi connectivity index (χ2v) is 6.50. The summed E-state index contributed by atoms with van der Waals surface area (Å²) in [5, 5.41) is 13.4. The van der Waals surface area contributed by atoms with Gasteiger partial charge in [-0.15, -0.1) is 0 Å². The molecule has 0 bridgehead atoms. The largest absolute Gasteiger partial charge is 0.394 e. The molecule has 0 aromatic heterocycles. The molecule has 4 heteroatoms. The fourth-order valence-corrected chi connectivity index (χ4v) is 4.12. The average molecular weight is 284 g/mol. The van der Waals surface area contributed by atoms with Crippen LogP contribution in [0.1, 0.15) is 45.4 Å². The number of ether oxygens (including phenoxy) is 1. The molecule has 1 heterocycles. The minimum atomic E-state index is -0.000395. The second-order valence-electron chi connectivity index (χ2n) is 6.50. The van der Waals surface area contributed by atoms with Gasteiger partial charge in [-0.3, -0.25) is 0 Å². The van der Waals surface area contributed by atoms with E-state index in [9.17, 15) is 5.11 Å². The molecular weight excluding hydrogens is 252 g/mol. The average Bonchev–Trinajstić information content (AvgIpc) is 2.89. The Morgan fingerprint density at radius 1 is 1.30 bits per heavy atom. The monoisotopic (exact) mass is 284 g/mol. The Labute approximate surface area is 123 Å². The number of nitrogens with one attached hydrogen (secondary N) is 1. The Bertz CT molecular complexity index is 280. The maximum absolute atomic E-state index is 9.83. The van der Waals surface area contributed by atoms with Gasteiger partial charge in [0.15, 0.2) is 0 Å². The van der Waals surface area contributed by atoms with Crippen molar-refractivity contribution in [2.45, 2.75) is 57.1 Å². The SMILES string of the molecule is CCNC1(CO)CCCC1CCN1CCC(OC)CC1. The molecule has 1 saturated carbocycles. The molecule has 4 nitrogen and oxygen atoms in total. The first-order valence-corrected chi connectivity index (χ1v) is 8.35. The number of aliphatic hydroxyl groups is 1. The highest BCUT2D eigenvalue weighted by atomic mass is 16.5. The molecule has 0 spiro atoms. The summed E-state index contributed by atoms with van der Waals surface area (Å²) in [5.41, 5.74) is -0.000395. The van der Waals surface area contributed by atoms with Crippen LogP contribution in [0, 0.1) is 5.92 Å². The molecule has 0 radical (unpaired) electrons. The van der Waals surface area contributed by atoms with Crippen LogP contribution in [0.2, 0.25) is 0 Å². The third-order valence-electron chi connectivity index (χ3n) is 5.43. The van der Waals surface area contributed by atoms with Crippen LogP contribution in [0.15, 0.2) is 0 Å². The number of hydrogen-bond donors (Lipinski definition) is 2. The molecule has 1 aliphatic carbocycles. The summed E-state index contributed by atoms with van der Waals surface area (Å²) in [7, 11) is 1.82. The van der Waals surface area contributed by atoms with E-state index in [1.54, 1.807) is 0 Å². The zero-order valence-electron chi connectivity index (χ0n) is 13.2. The summed E-state index contributed by atoms with van der Waals surface area (Å²) in [6.07, 6.45) is 7.67. The van der Waals surface area contributed by atoms with Crippen molar-refractivity contribution in [3.05, 3.63) is 0 Å². The first kappa shape index (κ1) is 16.2. The van der Waals surface area contributed by atoms with E-state index in [1.165, 1.54) is 51.7 Å². The number of nitrogens with zero attached hydrogens (tertiary/aromatic N) is 1. The molecule has 20 heavy (non-hydrogen) atoms. The lowest BCUT2D eigenvalue weighted by molar-refractivity contribution is 0.0368. The van der Waals surface area contributed by atoms with Gasteiger partial charge < -0.3 is 20.1 Å². The van der Waals surface area contributed by atoms with Crippen molar-refractivity contribution >= 4 is 0 Å². The lowest BCUT2D eigenvalue weighted by Gasteiger charge is -2.37. The molecule has 2 fully saturated rings. The minimum absolute atomic E-state index is 0.000395. The summed E-state index contributed by atoms with van der Waals surface area (Å²) >= 11 is 0. The van der Waals surface area contributed by atoms with E-state index in [4.69, 9.17) is 4.74 Å². The number of methoxy groups -OCH3 is 1. The maximum Gasteiger partial charge on any atom is 0.0616 e. The van der Waals surface area contributed by atoms with E-state index in [0.29, 0.717) is 12.0 Å². The summed E-state index contributed by atoms with van der Waals surface area (Å²) < 4.78 is 5.43. The van der Waals surface area contributed by atoms with Gasteiger partial charge in [0.25, 0.3) is 0 Å². The molecule has 2 rings (SSSR count). The standard InChI is InChI=1S/C16H32N2O2/c1-3-17-16(13-19)9-4-5-14(16)6-10-18-11-7-15(20-2)8-12-18/h14-15,17,19H,3-13H2,1-2H3. The lowest BCUT2D eigenvalue weighted by atomic mass is 9.85. The first-order chi connectivity index (χ1) is 9.74. The zero-order chi connectivity index (χ0) is 14.4. The van der Waals surface area contributed by atoms with Gasteiger partial charge in [0.1, 0.15) is 0 Å². The van der Waals surface area contributed by atoms with E-state index >= 15 is 0 Å². The number of likely N-dealkylation sites (N-methyl/N-ethyl adjacent to an activating group) is 1. The number of piperidine rings is 1. The smallest absolute Gasteiger partial charge is 0.0616 e. The van der Waals surface area contributed by atoms with Crippen molar-refractivity contribution in [3.8, 4) is 0 Å². The van der Waals surface area contributed by atoms with Crippen molar-refractivity contribution in [3.63, 3.8) is 0 Å². The van der Waals surface area contributed by atoms with Crippen LogP contribution in [0.4, 0.5) is 0 Å². The molecule has 118 valence electrons. The Morgan fingerprint density at radius 2 is 2.05 bits per heavy atom. The van der Waals surface area contributed by atoms with Crippen LogP contribution in [-0.2, 0) is 4.74 Å². The summed E-state index contributed by atoms with van der Waals surface area (Å²) in [6.45, 7) is 6.89. The van der Waals surface area contributed by atoms with Crippen molar-refractivity contribution in [2.24, 2.45) is 5.92 Å². The van der Waals surface area contributed by atoms with Gasteiger partial charge in [-0.1, -0.05) is 13.3 Å². The highest BCUT2D eigenvalue weighted by Crippen LogP contribution is 2.37. The number of likely N-dealkylation sites (tertiary alicyclic amines) is 1. The summed E-state index contributed by atoms with van der Waals surface area (Å²) in [5.74, 6) is 0.632. The predicted molar refractivity (Wildman–Crippen MR) is 81.9 cm³/mol. The van der Waals surface area contributed by atoms with Crippen LogP contribution in [-0.4, -0.2) is 61.5 Å². The molecule has 1 aliphatic heterocycles. The number of aliphatic hydroxyl groups excluding tert-OH is 1. The van der Waals surface area contributed by atoms with Gasteiger partial charge in [0.2, 0.25) is 0 Å². The molecular formula is C16H32N2O2. The maximum atomic E-state index is 9.83. The van der Waals surface area contributed by atoms with Crippen LogP contribution in [0.3, 0.4) is 0 Å². The predicted octanol–water partition coefficient (Wildman–Crippen LogP) is 1.63. The molecule has 2 atom stereocenters. The van der Waals surface area contributed by atoms with E-state index in [2.05, 4.69) is 17.1 Å². The molecule has 1 saturated heterocycles. The van der Waals surface area contributed by atoms with Crippen LogP contribution < -0.4 is 5.32 Å². The Morgan fingerprint density at radius 3 is 2.65 bits per heavy atom. The van der Waals surface area contributed by atoms with Crippen LogP contribution >= 0.6 is 0 Å². The highest BCUT2D eigenvalue weighted by molar-refractivity contribution is 4.99. The van der Waals surface area contributed by atoms with Crippen molar-refractivity contribution in [1.82, 2.24) is 10.2 Å². The van der Waals surface area contributed by atoms with Gasteiger partial charge in [-0.25, -0.2) is 0 Å². The minimum Gasteiger partial charge on any atom is -0.394 e. The van der Waals surface area contributed by atoms with Crippen molar-refractivity contribution < 1.29 is 9.84 Å². The highest BCUT2D eigenvalue weighted by Gasteiger charge is 2.41. The second kappa shape index (κ2) is 7.74. The zero-order valence-corrected chi connectivity index (χ0v) is 13.2. The molecule has 0 aromatic carbocycles. The Balaban J connectivity index is 1.78. The van der Waals surface area contributed by atoms with Gasteiger partial charge >= 0.3 is 0 Å². The number of hydrogen-bond acceptors (Lipinski definition) is 4.